The lowest BCUT2D eigenvalue weighted by molar-refractivity contribution is 0.864. The van der Waals surface area contributed by atoms with Crippen LogP contribution in [0.1, 0.15) is 24.1 Å². The van der Waals surface area contributed by atoms with E-state index in [2.05, 4.69) is 15.1 Å². The lowest BCUT2D eigenvalue weighted by Crippen LogP contribution is -2.06. The van der Waals surface area contributed by atoms with Gasteiger partial charge in [-0.05, 0) is 20.3 Å². The quantitative estimate of drug-likeness (QED) is 0.726. The zero-order chi connectivity index (χ0) is 10.3. The summed E-state index contributed by atoms with van der Waals surface area (Å²) < 4.78 is 1.68. The molecule has 2 N–H and O–H groups in total. The molecule has 0 amide bonds. The third kappa shape index (κ3) is 1.13. The minimum atomic E-state index is 0.631. The maximum absolute atomic E-state index is 5.92. The number of rotatable bonds is 1. The van der Waals surface area contributed by atoms with Crippen LogP contribution in [0, 0.1) is 13.8 Å². The van der Waals surface area contributed by atoms with Crippen molar-refractivity contribution >= 4 is 11.5 Å². The average molecular weight is 191 g/mol. The largest absolute Gasteiger partial charge is 0.396 e. The summed E-state index contributed by atoms with van der Waals surface area (Å²) in [7, 11) is 0. The summed E-state index contributed by atoms with van der Waals surface area (Å²) in [5.74, 6) is 1.35. The lowest BCUT2D eigenvalue weighted by atomic mass is 10.2. The smallest absolute Gasteiger partial charge is 0.253 e. The number of aromatic nitrogens is 4. The Morgan fingerprint density at radius 1 is 1.29 bits per heavy atom. The maximum atomic E-state index is 5.92. The van der Waals surface area contributed by atoms with Gasteiger partial charge >= 0.3 is 0 Å². The summed E-state index contributed by atoms with van der Waals surface area (Å²) >= 11 is 0. The number of nitrogens with two attached hydrogens (primary N) is 1. The van der Waals surface area contributed by atoms with E-state index in [9.17, 15) is 0 Å². The minimum absolute atomic E-state index is 0.631. The third-order valence-corrected chi connectivity index (χ3v) is 2.28. The van der Waals surface area contributed by atoms with Gasteiger partial charge < -0.3 is 5.73 Å². The molecule has 5 nitrogen and oxygen atoms in total. The molecule has 2 aromatic heterocycles. The Morgan fingerprint density at radius 3 is 2.64 bits per heavy atom. The molecular weight excluding hydrogens is 178 g/mol. The molecule has 0 fully saturated rings. The lowest BCUT2D eigenvalue weighted by Gasteiger charge is -2.06. The van der Waals surface area contributed by atoms with Gasteiger partial charge in [0.25, 0.3) is 5.78 Å². The van der Waals surface area contributed by atoms with Crippen molar-refractivity contribution in [2.45, 2.75) is 27.2 Å². The fourth-order valence-electron chi connectivity index (χ4n) is 1.47. The van der Waals surface area contributed by atoms with E-state index in [1.807, 2.05) is 20.8 Å². The average Bonchev–Trinajstić information content (AvgIpc) is 2.52. The van der Waals surface area contributed by atoms with Crippen molar-refractivity contribution in [3.05, 3.63) is 17.2 Å². The first-order valence-electron chi connectivity index (χ1n) is 4.61. The fourth-order valence-corrected chi connectivity index (χ4v) is 1.47. The molecule has 0 spiro atoms. The number of nitrogen functional groups attached to an aromatic ring is 1. The zero-order valence-corrected chi connectivity index (χ0v) is 8.57. The number of nitrogens with zero attached hydrogens (tertiary/aromatic N) is 4. The van der Waals surface area contributed by atoms with Gasteiger partial charge in [-0.15, -0.1) is 5.10 Å². The highest BCUT2D eigenvalue weighted by Gasteiger charge is 2.10. The summed E-state index contributed by atoms with van der Waals surface area (Å²) in [5, 5.41) is 4.21. The maximum Gasteiger partial charge on any atom is 0.253 e. The highest BCUT2D eigenvalue weighted by Crippen LogP contribution is 2.16. The molecule has 5 heteroatoms. The van der Waals surface area contributed by atoms with Crippen LogP contribution in [0.3, 0.4) is 0 Å². The molecule has 0 atom stereocenters. The number of hydrogen-bond donors (Lipinski definition) is 1. The van der Waals surface area contributed by atoms with Gasteiger partial charge in [0.15, 0.2) is 0 Å². The first-order chi connectivity index (χ1) is 6.63. The van der Waals surface area contributed by atoms with Gasteiger partial charge in [-0.1, -0.05) is 6.92 Å². The van der Waals surface area contributed by atoms with Crippen molar-refractivity contribution < 1.29 is 0 Å². The summed E-state index contributed by atoms with van der Waals surface area (Å²) in [5.41, 5.74) is 8.43. The van der Waals surface area contributed by atoms with Crippen molar-refractivity contribution in [3.63, 3.8) is 0 Å². The second-order valence-corrected chi connectivity index (χ2v) is 3.28. The van der Waals surface area contributed by atoms with Gasteiger partial charge in [0.1, 0.15) is 5.82 Å². The molecule has 0 radical (unpaired) electrons. The Kier molecular flexibility index (Phi) is 1.87. The molecule has 14 heavy (non-hydrogen) atoms. The summed E-state index contributed by atoms with van der Waals surface area (Å²) in [4.78, 5) is 8.55. The summed E-state index contributed by atoms with van der Waals surface area (Å²) in [6.45, 7) is 5.80. The Labute approximate surface area is 82.0 Å². The molecule has 0 aliphatic rings. The van der Waals surface area contributed by atoms with Crippen molar-refractivity contribution in [2.75, 3.05) is 5.73 Å². The van der Waals surface area contributed by atoms with E-state index in [-0.39, 0.29) is 0 Å². The predicted octanol–water partition coefficient (Wildman–Crippen LogP) is 0.886. The molecule has 2 heterocycles. The van der Waals surface area contributed by atoms with E-state index in [1.165, 1.54) is 0 Å². The molecule has 0 bridgehead atoms. The van der Waals surface area contributed by atoms with Gasteiger partial charge in [-0.25, -0.2) is 4.98 Å². The molecular formula is C9H13N5. The van der Waals surface area contributed by atoms with Crippen molar-refractivity contribution in [3.8, 4) is 0 Å². The second kappa shape index (κ2) is 2.94. The monoisotopic (exact) mass is 191 g/mol. The molecule has 2 rings (SSSR count). The van der Waals surface area contributed by atoms with E-state index in [4.69, 9.17) is 5.73 Å². The van der Waals surface area contributed by atoms with Crippen LogP contribution in [0.2, 0.25) is 0 Å². The highest BCUT2D eigenvalue weighted by molar-refractivity contribution is 5.51. The molecule has 0 saturated heterocycles. The van der Waals surface area contributed by atoms with Crippen molar-refractivity contribution in [1.29, 1.82) is 0 Å². The Bertz CT molecular complexity index is 485. The fraction of sp³-hybridized carbons (Fsp3) is 0.444. The number of hydrogen-bond acceptors (Lipinski definition) is 4. The van der Waals surface area contributed by atoms with E-state index in [0.717, 1.165) is 17.8 Å². The third-order valence-electron chi connectivity index (χ3n) is 2.28. The molecule has 0 aromatic carbocycles. The SMILES string of the molecule is CCc1nc2nc(C)nn2c(C)c1N. The van der Waals surface area contributed by atoms with Crippen LogP contribution in [-0.4, -0.2) is 19.6 Å². The van der Waals surface area contributed by atoms with Crippen LogP contribution in [0.15, 0.2) is 0 Å². The summed E-state index contributed by atoms with van der Waals surface area (Å²) in [6, 6.07) is 0. The second-order valence-electron chi connectivity index (χ2n) is 3.28. The first kappa shape index (κ1) is 8.93. The van der Waals surface area contributed by atoms with E-state index >= 15 is 0 Å². The Balaban J connectivity index is 2.84. The molecule has 0 aliphatic carbocycles. The first-order valence-corrected chi connectivity index (χ1v) is 4.61. The van der Waals surface area contributed by atoms with E-state index in [1.54, 1.807) is 4.52 Å². The Morgan fingerprint density at radius 2 is 2.00 bits per heavy atom. The van der Waals surface area contributed by atoms with Crippen molar-refractivity contribution in [1.82, 2.24) is 19.6 Å². The van der Waals surface area contributed by atoms with Gasteiger partial charge in [0.2, 0.25) is 0 Å². The van der Waals surface area contributed by atoms with Gasteiger partial charge in [-0.3, -0.25) is 0 Å². The van der Waals surface area contributed by atoms with Crippen molar-refractivity contribution in [2.24, 2.45) is 0 Å². The minimum Gasteiger partial charge on any atom is -0.396 e. The molecule has 74 valence electrons. The normalized spacial score (nSPS) is 11.1. The molecule has 0 aliphatic heterocycles. The standard InChI is InChI=1S/C9H13N5/c1-4-7-8(10)5(2)14-9(12-7)11-6(3)13-14/h4,10H2,1-3H3. The zero-order valence-electron chi connectivity index (χ0n) is 8.57. The van der Waals surface area contributed by atoms with Crippen LogP contribution in [-0.2, 0) is 6.42 Å². The Hall–Kier alpha value is -1.65. The van der Waals surface area contributed by atoms with Gasteiger partial charge in [-0.2, -0.15) is 9.50 Å². The predicted molar refractivity (Wildman–Crippen MR) is 54.0 cm³/mol. The van der Waals surface area contributed by atoms with Crippen LogP contribution in [0.25, 0.3) is 5.78 Å². The van der Waals surface area contributed by atoms with Crippen LogP contribution < -0.4 is 5.73 Å². The van der Waals surface area contributed by atoms with Gasteiger partial charge in [0, 0.05) is 0 Å². The number of fused-ring (bicyclic) bond motifs is 1. The van der Waals surface area contributed by atoms with Crippen LogP contribution >= 0.6 is 0 Å². The van der Waals surface area contributed by atoms with Crippen LogP contribution in [0.4, 0.5) is 5.69 Å². The van der Waals surface area contributed by atoms with Gasteiger partial charge in [0.05, 0.1) is 17.1 Å². The van der Waals surface area contributed by atoms with Crippen LogP contribution in [0.5, 0.6) is 0 Å². The number of aryl methyl sites for hydroxylation is 3. The van der Waals surface area contributed by atoms with E-state index < -0.39 is 0 Å². The highest BCUT2D eigenvalue weighted by atomic mass is 15.3. The topological polar surface area (TPSA) is 69.1 Å². The molecule has 0 unspecified atom stereocenters. The number of anilines is 1. The molecule has 0 saturated carbocycles. The summed E-state index contributed by atoms with van der Waals surface area (Å²) in [6.07, 6.45) is 0.815. The van der Waals surface area contributed by atoms with E-state index in [0.29, 0.717) is 17.3 Å². The molecule has 2 aromatic rings.